The molecular formula is C24H30N7O8P. The summed E-state index contributed by atoms with van der Waals surface area (Å²) in [7, 11) is -4.37. The number of aromatic nitrogens is 4. The summed E-state index contributed by atoms with van der Waals surface area (Å²) in [6, 6.07) is 6.92. The van der Waals surface area contributed by atoms with Gasteiger partial charge in [-0.2, -0.15) is 15.1 Å². The Morgan fingerprint density at radius 1 is 1.27 bits per heavy atom. The van der Waals surface area contributed by atoms with Gasteiger partial charge in [0.05, 0.1) is 12.4 Å². The number of aliphatic hydroxyl groups excluding tert-OH is 2. The lowest BCUT2D eigenvalue weighted by molar-refractivity contribution is -0.149. The van der Waals surface area contributed by atoms with Crippen LogP contribution in [-0.4, -0.2) is 72.3 Å². The van der Waals surface area contributed by atoms with Crippen molar-refractivity contribution in [2.45, 2.75) is 57.0 Å². The molecule has 7 N–H and O–H groups in total. The molecule has 3 heterocycles. The molecule has 6 atom stereocenters. The number of nitrogens with zero attached hydrogens (tertiary/aromatic N) is 4. The number of aliphatic hydroxyl groups is 2. The van der Waals surface area contributed by atoms with Gasteiger partial charge in [0, 0.05) is 0 Å². The number of ether oxygens (including phenoxy) is 2. The predicted molar refractivity (Wildman–Crippen MR) is 142 cm³/mol. The number of hydrogen-bond donors (Lipinski definition) is 5. The van der Waals surface area contributed by atoms with Gasteiger partial charge in [-0.3, -0.25) is 13.9 Å². The van der Waals surface area contributed by atoms with E-state index in [2.05, 4.69) is 26.0 Å². The maximum atomic E-state index is 13.9. The van der Waals surface area contributed by atoms with E-state index < -0.39 is 56.5 Å². The predicted octanol–water partition coefficient (Wildman–Crippen LogP) is 0.747. The van der Waals surface area contributed by atoms with Gasteiger partial charge in [-0.15, -0.1) is 6.42 Å². The maximum Gasteiger partial charge on any atom is 0.459 e. The number of imidazole rings is 1. The van der Waals surface area contributed by atoms with Crippen LogP contribution in [0.5, 0.6) is 5.75 Å². The number of nitrogen functional groups attached to an aromatic ring is 2. The van der Waals surface area contributed by atoms with Crippen LogP contribution in [0, 0.1) is 12.3 Å². The van der Waals surface area contributed by atoms with Crippen LogP contribution in [0.1, 0.15) is 27.0 Å². The van der Waals surface area contributed by atoms with Crippen LogP contribution < -0.4 is 21.1 Å². The summed E-state index contributed by atoms with van der Waals surface area (Å²) in [5, 5.41) is 24.4. The summed E-state index contributed by atoms with van der Waals surface area (Å²) < 4.78 is 37.5. The summed E-state index contributed by atoms with van der Waals surface area (Å²) in [5.41, 5.74) is 9.84. The lowest BCUT2D eigenvalue weighted by atomic mass is 9.97. The molecule has 0 bridgehead atoms. The van der Waals surface area contributed by atoms with Gasteiger partial charge in [0.25, 0.3) is 0 Å². The second-order valence-corrected chi connectivity index (χ2v) is 11.0. The summed E-state index contributed by atoms with van der Waals surface area (Å²) in [6.45, 7) is 4.01. The fourth-order valence-electron chi connectivity index (χ4n) is 3.95. The number of carbonyl (C=O) groups is 1. The third kappa shape index (κ3) is 5.87. The van der Waals surface area contributed by atoms with E-state index in [1.54, 1.807) is 32.0 Å². The molecule has 16 heteroatoms. The van der Waals surface area contributed by atoms with E-state index in [1.807, 2.05) is 0 Å². The van der Waals surface area contributed by atoms with Gasteiger partial charge in [0.2, 0.25) is 5.95 Å². The van der Waals surface area contributed by atoms with Crippen molar-refractivity contribution in [1.29, 1.82) is 0 Å². The first-order valence-corrected chi connectivity index (χ1v) is 13.7. The smallest absolute Gasteiger partial charge is 0.459 e. The van der Waals surface area contributed by atoms with Crippen molar-refractivity contribution in [2.75, 3.05) is 18.1 Å². The molecule has 1 aromatic carbocycles. The van der Waals surface area contributed by atoms with E-state index in [-0.39, 0.29) is 28.7 Å². The largest absolute Gasteiger partial charge is 0.462 e. The minimum atomic E-state index is -4.37. The molecule has 1 saturated heterocycles. The molecule has 40 heavy (non-hydrogen) atoms. The highest BCUT2D eigenvalue weighted by molar-refractivity contribution is 7.52. The van der Waals surface area contributed by atoms with Crippen molar-refractivity contribution in [3.63, 3.8) is 0 Å². The Kier molecular flexibility index (Phi) is 8.31. The van der Waals surface area contributed by atoms with Gasteiger partial charge >= 0.3 is 13.7 Å². The number of carbonyl (C=O) groups excluding carboxylic acids is 1. The number of nitrogens with two attached hydrogens (primary N) is 2. The first kappa shape index (κ1) is 29.2. The monoisotopic (exact) mass is 575 g/mol. The summed E-state index contributed by atoms with van der Waals surface area (Å²) in [5.74, 6) is 1.58. The Bertz CT molecular complexity index is 1460. The van der Waals surface area contributed by atoms with Crippen LogP contribution in [0.15, 0.2) is 36.7 Å². The molecule has 1 aliphatic heterocycles. The van der Waals surface area contributed by atoms with Crippen molar-refractivity contribution in [1.82, 2.24) is 24.6 Å². The molecule has 15 nitrogen and oxygen atoms in total. The Morgan fingerprint density at radius 2 is 1.98 bits per heavy atom. The number of hydrogen-bond acceptors (Lipinski definition) is 13. The number of nitrogens with one attached hydrogen (secondary N) is 1. The molecule has 214 valence electrons. The SMILES string of the molecule is C#C[C@]1(CO[P@@](=O)(N[C@@H](C)C(=O)OC(C)C)Oc2ccccc2)O[C@@H](n2cnc3c(N)nc(N)nc32)C(O)C1O. The number of esters is 1. The van der Waals surface area contributed by atoms with Gasteiger partial charge in [0.15, 0.2) is 23.3 Å². The Labute approximate surface area is 229 Å². The number of terminal acetylenes is 1. The minimum absolute atomic E-state index is 0.00369. The molecule has 0 radical (unpaired) electrons. The normalized spacial score (nSPS) is 24.9. The zero-order chi connectivity index (χ0) is 29.2. The number of rotatable bonds is 10. The summed E-state index contributed by atoms with van der Waals surface area (Å²) >= 11 is 0. The topological polar surface area (TPSA) is 219 Å². The molecular weight excluding hydrogens is 545 g/mol. The second kappa shape index (κ2) is 11.4. The van der Waals surface area contributed by atoms with Crippen molar-refractivity contribution in [3.05, 3.63) is 36.7 Å². The second-order valence-electron chi connectivity index (χ2n) is 9.28. The van der Waals surface area contributed by atoms with E-state index in [0.29, 0.717) is 0 Å². The molecule has 0 aliphatic carbocycles. The standard InChI is InChI=1S/C24H30N7O8P/c1-5-24(18(33)17(32)21(38-24)31-12-27-16-19(25)28-23(26)29-20(16)31)11-36-40(35,39-15-9-7-6-8-10-15)30-14(4)22(34)37-13(2)3/h1,6-10,12-14,17-18,21,32-33H,11H2,2-4H3,(H,30,35)(H4,25,26,28,29)/t14-,17?,18?,21+,24+,40-/m0/s1. The Balaban J connectivity index is 1.61. The number of anilines is 2. The average Bonchev–Trinajstić information content (AvgIpc) is 3.42. The molecule has 2 aromatic heterocycles. The minimum Gasteiger partial charge on any atom is -0.462 e. The van der Waals surface area contributed by atoms with Gasteiger partial charge < -0.3 is 35.7 Å². The number of para-hydroxylation sites is 1. The number of benzene rings is 1. The summed E-state index contributed by atoms with van der Waals surface area (Å²) in [6.07, 6.45) is 1.91. The molecule has 1 aliphatic rings. The van der Waals surface area contributed by atoms with Gasteiger partial charge in [0.1, 0.15) is 36.1 Å². The molecule has 0 spiro atoms. The third-order valence-electron chi connectivity index (χ3n) is 5.88. The van der Waals surface area contributed by atoms with Crippen molar-refractivity contribution >= 4 is 36.6 Å². The lowest BCUT2D eigenvalue weighted by Gasteiger charge is -2.29. The van der Waals surface area contributed by atoms with Crippen LogP contribution in [0.3, 0.4) is 0 Å². The zero-order valence-corrected chi connectivity index (χ0v) is 22.8. The molecule has 2 unspecified atom stereocenters. The first-order chi connectivity index (χ1) is 18.9. The van der Waals surface area contributed by atoms with Crippen LogP contribution in [-0.2, 0) is 23.4 Å². The van der Waals surface area contributed by atoms with Gasteiger partial charge in [-0.25, -0.2) is 9.55 Å². The molecule has 0 saturated carbocycles. The van der Waals surface area contributed by atoms with E-state index in [1.165, 1.54) is 30.0 Å². The highest BCUT2D eigenvalue weighted by Gasteiger charge is 2.56. The average molecular weight is 576 g/mol. The van der Waals surface area contributed by atoms with Crippen molar-refractivity contribution < 1.29 is 38.1 Å². The highest BCUT2D eigenvalue weighted by atomic mass is 31.2. The summed E-state index contributed by atoms with van der Waals surface area (Å²) in [4.78, 5) is 24.5. The fraction of sp³-hybridized carbons (Fsp3) is 0.417. The quantitative estimate of drug-likeness (QED) is 0.128. The van der Waals surface area contributed by atoms with Gasteiger partial charge in [-0.1, -0.05) is 24.1 Å². The number of fused-ring (bicyclic) bond motifs is 1. The van der Waals surface area contributed by atoms with Gasteiger partial charge in [-0.05, 0) is 32.9 Å². The Hall–Kier alpha value is -3.77. The van der Waals surface area contributed by atoms with Crippen molar-refractivity contribution in [2.24, 2.45) is 0 Å². The highest BCUT2D eigenvalue weighted by Crippen LogP contribution is 2.48. The maximum absolute atomic E-state index is 13.9. The fourth-order valence-corrected chi connectivity index (χ4v) is 5.47. The first-order valence-electron chi connectivity index (χ1n) is 12.1. The van der Waals surface area contributed by atoms with E-state index in [9.17, 15) is 19.6 Å². The Morgan fingerprint density at radius 3 is 2.62 bits per heavy atom. The van der Waals surface area contributed by atoms with Crippen molar-refractivity contribution in [3.8, 4) is 18.1 Å². The van der Waals surface area contributed by atoms with Crippen LogP contribution in [0.2, 0.25) is 0 Å². The molecule has 3 aromatic rings. The van der Waals surface area contributed by atoms with Crippen LogP contribution >= 0.6 is 7.75 Å². The third-order valence-corrected chi connectivity index (χ3v) is 7.51. The van der Waals surface area contributed by atoms with E-state index in [4.69, 9.17) is 36.4 Å². The zero-order valence-electron chi connectivity index (χ0n) is 21.9. The van der Waals surface area contributed by atoms with Crippen LogP contribution in [0.25, 0.3) is 11.2 Å². The van der Waals surface area contributed by atoms with E-state index in [0.717, 1.165) is 0 Å². The molecule has 4 rings (SSSR count). The molecule has 0 amide bonds. The lowest BCUT2D eigenvalue weighted by Crippen LogP contribution is -2.46. The molecule has 1 fully saturated rings. The van der Waals surface area contributed by atoms with E-state index >= 15 is 0 Å². The van der Waals surface area contributed by atoms with Crippen LogP contribution in [0.4, 0.5) is 11.8 Å².